The summed E-state index contributed by atoms with van der Waals surface area (Å²) in [6.07, 6.45) is 2.06. The first-order chi connectivity index (χ1) is 15.0. The van der Waals surface area contributed by atoms with Gasteiger partial charge in [0.15, 0.2) is 0 Å². The molecule has 1 aliphatic carbocycles. The fourth-order valence-corrected chi connectivity index (χ4v) is 5.13. The lowest BCUT2D eigenvalue weighted by Gasteiger charge is -2.11. The van der Waals surface area contributed by atoms with Crippen molar-refractivity contribution in [3.63, 3.8) is 0 Å². The van der Waals surface area contributed by atoms with Crippen molar-refractivity contribution < 1.29 is 13.2 Å². The van der Waals surface area contributed by atoms with Crippen LogP contribution in [0.1, 0.15) is 21.5 Å². The van der Waals surface area contributed by atoms with Crippen molar-refractivity contribution in [3.8, 4) is 0 Å². The molecule has 4 aromatic rings. The quantitative estimate of drug-likeness (QED) is 0.470. The van der Waals surface area contributed by atoms with Crippen LogP contribution < -0.4 is 10.0 Å². The van der Waals surface area contributed by atoms with Crippen molar-refractivity contribution in [2.45, 2.75) is 17.7 Å². The van der Waals surface area contributed by atoms with Crippen molar-refractivity contribution in [3.05, 3.63) is 102 Å². The summed E-state index contributed by atoms with van der Waals surface area (Å²) in [4.78, 5) is 13.0. The molecule has 0 bridgehead atoms. The lowest BCUT2D eigenvalue weighted by Crippen LogP contribution is -2.14. The van der Waals surface area contributed by atoms with E-state index in [0.29, 0.717) is 11.3 Å². The van der Waals surface area contributed by atoms with Crippen LogP contribution in [0, 0.1) is 0 Å². The van der Waals surface area contributed by atoms with E-state index in [-0.39, 0.29) is 10.8 Å². The van der Waals surface area contributed by atoms with Crippen LogP contribution in [0.2, 0.25) is 0 Å². The minimum atomic E-state index is -3.67. The fraction of sp³-hybridized carbons (Fsp3) is 0.0800. The number of carbonyl (C=O) groups excluding carboxylic acids is 1. The average Bonchev–Trinajstić information content (AvgIpc) is 3.21. The Morgan fingerprint density at radius 3 is 2.19 bits per heavy atom. The maximum absolute atomic E-state index is 12.8. The van der Waals surface area contributed by atoms with Gasteiger partial charge in [-0.1, -0.05) is 42.5 Å². The first-order valence-electron chi connectivity index (χ1n) is 10.0. The van der Waals surface area contributed by atoms with Gasteiger partial charge in [-0.15, -0.1) is 0 Å². The van der Waals surface area contributed by atoms with E-state index in [1.54, 1.807) is 42.5 Å². The molecule has 154 valence electrons. The van der Waals surface area contributed by atoms with Crippen LogP contribution in [-0.4, -0.2) is 14.3 Å². The van der Waals surface area contributed by atoms with Gasteiger partial charge in [-0.25, -0.2) is 8.42 Å². The van der Waals surface area contributed by atoms with Crippen LogP contribution in [0.5, 0.6) is 0 Å². The van der Waals surface area contributed by atoms with Crippen LogP contribution in [0.25, 0.3) is 10.8 Å². The molecular formula is C25H20N2O3S. The molecule has 0 atom stereocenters. The third-order valence-corrected chi connectivity index (χ3v) is 6.98. The number of nitrogens with one attached hydrogen (secondary N) is 2. The molecule has 0 saturated carbocycles. The highest BCUT2D eigenvalue weighted by Crippen LogP contribution is 2.35. The van der Waals surface area contributed by atoms with E-state index >= 15 is 0 Å². The maximum Gasteiger partial charge on any atom is 0.261 e. The van der Waals surface area contributed by atoms with Gasteiger partial charge in [0.2, 0.25) is 0 Å². The molecule has 5 rings (SSSR count). The van der Waals surface area contributed by atoms with Gasteiger partial charge in [0.1, 0.15) is 0 Å². The van der Waals surface area contributed by atoms with Crippen LogP contribution in [0.4, 0.5) is 11.4 Å². The van der Waals surface area contributed by atoms with E-state index in [1.165, 1.54) is 28.6 Å². The summed E-state index contributed by atoms with van der Waals surface area (Å²) < 4.78 is 27.4. The largest absolute Gasteiger partial charge is 0.321 e. The van der Waals surface area contributed by atoms with Gasteiger partial charge >= 0.3 is 0 Å². The Labute approximate surface area is 180 Å². The van der Waals surface area contributed by atoms with E-state index in [9.17, 15) is 13.2 Å². The number of carbonyl (C=O) groups is 1. The Bertz CT molecular complexity index is 1390. The third-order valence-electron chi connectivity index (χ3n) is 5.58. The first-order valence-corrected chi connectivity index (χ1v) is 11.5. The molecule has 0 aromatic heterocycles. The molecule has 0 radical (unpaired) electrons. The number of hydrogen-bond acceptors (Lipinski definition) is 3. The Morgan fingerprint density at radius 2 is 1.45 bits per heavy atom. The zero-order valence-corrected chi connectivity index (χ0v) is 17.4. The van der Waals surface area contributed by atoms with Crippen molar-refractivity contribution in [2.75, 3.05) is 10.0 Å². The summed E-state index contributed by atoms with van der Waals surface area (Å²) in [7, 11) is -3.67. The number of benzene rings is 4. The van der Waals surface area contributed by atoms with Gasteiger partial charge in [0.05, 0.1) is 4.90 Å². The molecule has 6 heteroatoms. The van der Waals surface area contributed by atoms with Gasteiger partial charge in [0.25, 0.3) is 15.9 Å². The minimum absolute atomic E-state index is 0.184. The summed E-state index contributed by atoms with van der Waals surface area (Å²) in [6, 6.07) is 24.8. The Hall–Kier alpha value is -3.64. The molecule has 2 N–H and O–H groups in total. The highest BCUT2D eigenvalue weighted by molar-refractivity contribution is 7.92. The second-order valence-corrected chi connectivity index (χ2v) is 9.24. The third kappa shape index (κ3) is 3.66. The Morgan fingerprint density at radius 1 is 0.742 bits per heavy atom. The molecule has 1 amide bonds. The molecule has 0 heterocycles. The number of sulfonamides is 1. The summed E-state index contributed by atoms with van der Waals surface area (Å²) in [6.45, 7) is 0. The standard InChI is InChI=1S/C25H20N2O3S/c28-25(26-23-16-13-18-10-9-17-5-4-8-22(23)24(17)18)19-11-14-20(15-12-19)27-31(29,30)21-6-2-1-3-7-21/h1-8,11-16,27H,9-10H2,(H,26,28). The van der Waals surface area contributed by atoms with E-state index in [4.69, 9.17) is 0 Å². The smallest absolute Gasteiger partial charge is 0.261 e. The van der Waals surface area contributed by atoms with Gasteiger partial charge in [-0.2, -0.15) is 0 Å². The van der Waals surface area contributed by atoms with Gasteiger partial charge < -0.3 is 5.32 Å². The van der Waals surface area contributed by atoms with Gasteiger partial charge in [-0.05, 0) is 71.8 Å². The second kappa shape index (κ2) is 7.56. The van der Waals surface area contributed by atoms with Crippen LogP contribution in [0.15, 0.2) is 89.8 Å². The molecule has 0 saturated heterocycles. The molecule has 0 unspecified atom stereocenters. The van der Waals surface area contributed by atoms with Crippen LogP contribution >= 0.6 is 0 Å². The fourth-order valence-electron chi connectivity index (χ4n) is 4.05. The average molecular weight is 429 g/mol. The number of amides is 1. The lowest BCUT2D eigenvalue weighted by atomic mass is 10.0. The van der Waals surface area contributed by atoms with E-state index < -0.39 is 10.0 Å². The topological polar surface area (TPSA) is 75.3 Å². The van der Waals surface area contributed by atoms with E-state index in [0.717, 1.165) is 23.9 Å². The Balaban J connectivity index is 1.35. The number of anilines is 2. The summed E-state index contributed by atoms with van der Waals surface area (Å²) in [5, 5.41) is 5.29. The number of hydrogen-bond donors (Lipinski definition) is 2. The van der Waals surface area contributed by atoms with E-state index in [1.807, 2.05) is 18.2 Å². The number of aryl methyl sites for hydroxylation is 2. The summed E-state index contributed by atoms with van der Waals surface area (Å²) >= 11 is 0. The SMILES string of the molecule is O=C(Nc1ccc2c3c(cccc13)CC2)c1ccc(NS(=O)(=O)c2ccccc2)cc1. The summed E-state index contributed by atoms with van der Waals surface area (Å²) in [5.41, 5.74) is 4.26. The highest BCUT2D eigenvalue weighted by Gasteiger charge is 2.17. The molecular weight excluding hydrogens is 408 g/mol. The molecule has 0 spiro atoms. The van der Waals surface area contributed by atoms with Crippen LogP contribution in [0.3, 0.4) is 0 Å². The van der Waals surface area contributed by atoms with Crippen molar-refractivity contribution in [1.82, 2.24) is 0 Å². The highest BCUT2D eigenvalue weighted by atomic mass is 32.2. The maximum atomic E-state index is 12.8. The van der Waals surface area contributed by atoms with Crippen molar-refractivity contribution in [2.24, 2.45) is 0 Å². The minimum Gasteiger partial charge on any atom is -0.321 e. The molecule has 0 aliphatic heterocycles. The predicted molar refractivity (Wildman–Crippen MR) is 123 cm³/mol. The van der Waals surface area contributed by atoms with Crippen molar-refractivity contribution >= 4 is 38.1 Å². The monoisotopic (exact) mass is 428 g/mol. The molecule has 0 fully saturated rings. The Kier molecular flexibility index (Phi) is 4.71. The molecule has 4 aromatic carbocycles. The zero-order valence-electron chi connectivity index (χ0n) is 16.6. The molecule has 5 nitrogen and oxygen atoms in total. The molecule has 1 aliphatic rings. The predicted octanol–water partition coefficient (Wildman–Crippen LogP) is 4.99. The van der Waals surface area contributed by atoms with Gasteiger partial charge in [0, 0.05) is 22.3 Å². The first kappa shape index (κ1) is 19.3. The lowest BCUT2D eigenvalue weighted by molar-refractivity contribution is 0.102. The van der Waals surface area contributed by atoms with Crippen molar-refractivity contribution in [1.29, 1.82) is 0 Å². The zero-order chi connectivity index (χ0) is 21.4. The van der Waals surface area contributed by atoms with Gasteiger partial charge in [-0.3, -0.25) is 9.52 Å². The second-order valence-electron chi connectivity index (χ2n) is 7.56. The van der Waals surface area contributed by atoms with E-state index in [2.05, 4.69) is 22.2 Å². The van der Waals surface area contributed by atoms with Crippen LogP contribution in [-0.2, 0) is 22.9 Å². The normalized spacial score (nSPS) is 12.6. The number of rotatable bonds is 5. The summed E-state index contributed by atoms with van der Waals surface area (Å²) in [5.74, 6) is -0.240. The molecule has 31 heavy (non-hydrogen) atoms.